The number of benzene rings is 6. The number of likely N-dealkylation sites (N-methyl/N-ethyl adjacent to an activating group) is 3. The van der Waals surface area contributed by atoms with E-state index in [1.54, 1.807) is 82.6 Å². The number of anilines is 6. The van der Waals surface area contributed by atoms with E-state index in [9.17, 15) is 43.2 Å². The Labute approximate surface area is 693 Å². The predicted molar refractivity (Wildman–Crippen MR) is 461 cm³/mol. The zero-order chi connectivity index (χ0) is 85.2. The second-order valence-electron chi connectivity index (χ2n) is 31.4. The van der Waals surface area contributed by atoms with Gasteiger partial charge in [-0.3, -0.25) is 44.1 Å². The molecule has 3 aliphatic heterocycles. The van der Waals surface area contributed by atoms with Gasteiger partial charge in [0, 0.05) is 70.1 Å². The number of aromatic amines is 3. The number of nitrogens with zero attached hydrogens (tertiary/aromatic N) is 9. The van der Waals surface area contributed by atoms with E-state index in [1.165, 1.54) is 18.2 Å². The Hall–Kier alpha value is -13.3. The normalized spacial score (nSPS) is 15.5. The summed E-state index contributed by atoms with van der Waals surface area (Å²) in [5, 5.41) is 48.9. The molecule has 30 heteroatoms. The Morgan fingerprint density at radius 2 is 0.723 bits per heavy atom. The van der Waals surface area contributed by atoms with Crippen LogP contribution in [0, 0.1) is 11.8 Å². The Morgan fingerprint density at radius 1 is 0.412 bits per heavy atom. The van der Waals surface area contributed by atoms with Gasteiger partial charge in [0.2, 0.25) is 17.7 Å². The molecule has 1 aliphatic carbocycles. The largest absolute Gasteiger partial charge is 0.330 e. The zero-order valence-corrected chi connectivity index (χ0v) is 69.0. The van der Waals surface area contributed by atoms with Crippen molar-refractivity contribution in [3.63, 3.8) is 0 Å². The smallest absolute Gasteiger partial charge is 0.319 e. The highest BCUT2D eigenvalue weighted by molar-refractivity contribution is 6.07. The molecule has 6 aromatic carbocycles. The van der Waals surface area contributed by atoms with Gasteiger partial charge >= 0.3 is 18.1 Å². The standard InChI is InChI=1S/C31H37N7O3.2C29H35N7O3/c1-4-26(39)32-23-15-13-22(14-16-23)29(40)34-28-24-19-38(31(27(24)35-36-28)17-9-6-10-18-31)30(41)33-25(20-37(2)3)21-11-7-5-8-12-21;2*1-6-24(37)30-21-14-12-20(13-15-21)28(38)32-27-22-16-36(26(18(2)3)25(22)33-34-27)29(39)31-23(17-35(4)5)19-10-8-7-9-11-19/h4-5,7-8,11-16,25H,1,6,9-10,17-20H2,2-3H3,(H,32,39)(H,33,41)(H2,34,35,36,40);2*6-15,18,23,26H,1,16-17H2,2-5H3,(H,30,37)(H,31,39)(H2,32,33,34,38)/t25-;23-,26+;23-,26-/m111/s1. The number of H-pyrrole nitrogens is 3. The number of carbonyl (C=O) groups excluding carboxylic acids is 9. The number of nitrogens with one attached hydrogen (secondary N) is 12. The summed E-state index contributed by atoms with van der Waals surface area (Å²) < 4.78 is 0. The number of hydrogen-bond acceptors (Lipinski definition) is 15. The van der Waals surface area contributed by atoms with E-state index in [1.807, 2.05) is 148 Å². The van der Waals surface area contributed by atoms with Crippen LogP contribution in [0.25, 0.3) is 0 Å². The van der Waals surface area contributed by atoms with Gasteiger partial charge < -0.3 is 77.3 Å². The monoisotopic (exact) mass is 1610 g/mol. The molecule has 1 spiro atoms. The second-order valence-corrected chi connectivity index (χ2v) is 31.4. The number of fused-ring (bicyclic) bond motifs is 4. The van der Waals surface area contributed by atoms with Gasteiger partial charge in [-0.1, -0.05) is 158 Å². The third kappa shape index (κ3) is 21.3. The molecule has 6 heterocycles. The maximum absolute atomic E-state index is 14.0. The average molecular weight is 1610 g/mol. The van der Waals surface area contributed by atoms with Crippen LogP contribution in [0.4, 0.5) is 48.9 Å². The van der Waals surface area contributed by atoms with E-state index in [4.69, 9.17) is 0 Å². The minimum absolute atomic E-state index is 0.114. The van der Waals surface area contributed by atoms with Gasteiger partial charge in [0.15, 0.2) is 17.5 Å². The first-order chi connectivity index (χ1) is 57.1. The molecule has 12 amide bonds. The van der Waals surface area contributed by atoms with E-state index in [2.05, 4.69) is 131 Å². The number of carbonyl (C=O) groups is 9. The van der Waals surface area contributed by atoms with Crippen molar-refractivity contribution in [3.8, 4) is 0 Å². The molecule has 622 valence electrons. The molecule has 0 radical (unpaired) electrons. The Morgan fingerprint density at radius 3 is 1.03 bits per heavy atom. The van der Waals surface area contributed by atoms with Crippen molar-refractivity contribution in [1.29, 1.82) is 0 Å². The highest BCUT2D eigenvalue weighted by atomic mass is 16.2. The lowest BCUT2D eigenvalue weighted by Gasteiger charge is -2.42. The molecule has 13 rings (SSSR count). The van der Waals surface area contributed by atoms with Gasteiger partial charge in [0.25, 0.3) is 17.7 Å². The fourth-order valence-electron chi connectivity index (χ4n) is 15.6. The summed E-state index contributed by atoms with van der Waals surface area (Å²) in [4.78, 5) is 126. The van der Waals surface area contributed by atoms with Crippen molar-refractivity contribution in [2.45, 2.75) is 115 Å². The Kier molecular flexibility index (Phi) is 28.8. The Balaban J connectivity index is 0.000000175. The van der Waals surface area contributed by atoms with Crippen LogP contribution in [0.2, 0.25) is 0 Å². The van der Waals surface area contributed by atoms with E-state index in [0.717, 1.165) is 82.6 Å². The minimum atomic E-state index is -0.488. The molecule has 9 aromatic rings. The van der Waals surface area contributed by atoms with Crippen LogP contribution in [-0.2, 0) is 39.6 Å². The maximum atomic E-state index is 14.0. The minimum Gasteiger partial charge on any atom is -0.330 e. The first-order valence-electron chi connectivity index (χ1n) is 39.7. The molecule has 3 aromatic heterocycles. The van der Waals surface area contributed by atoms with E-state index < -0.39 is 5.54 Å². The van der Waals surface area contributed by atoms with Crippen molar-refractivity contribution in [2.24, 2.45) is 11.8 Å². The predicted octanol–water partition coefficient (Wildman–Crippen LogP) is 13.4. The summed E-state index contributed by atoms with van der Waals surface area (Å²) in [5.41, 5.74) is 10.5. The molecule has 1 saturated carbocycles. The van der Waals surface area contributed by atoms with Crippen molar-refractivity contribution in [2.75, 3.05) is 93.8 Å². The van der Waals surface area contributed by atoms with E-state index >= 15 is 0 Å². The molecular weight excluding hydrogens is 1510 g/mol. The van der Waals surface area contributed by atoms with Crippen molar-refractivity contribution >= 4 is 88.1 Å². The summed E-state index contributed by atoms with van der Waals surface area (Å²) in [6.45, 7) is 21.5. The number of amides is 12. The molecule has 1 fully saturated rings. The lowest BCUT2D eigenvalue weighted by atomic mass is 9.79. The molecule has 119 heavy (non-hydrogen) atoms. The quantitative estimate of drug-likeness (QED) is 0.0224. The maximum Gasteiger partial charge on any atom is 0.319 e. The molecule has 5 atom stereocenters. The van der Waals surface area contributed by atoms with Crippen LogP contribution in [0.3, 0.4) is 0 Å². The molecule has 12 N–H and O–H groups in total. The molecule has 0 saturated heterocycles. The van der Waals surface area contributed by atoms with E-state index in [-0.39, 0.29) is 95.6 Å². The fraction of sp³-hybridized carbons (Fsp3) is 0.326. The Bertz CT molecular complexity index is 4870. The fourth-order valence-corrected chi connectivity index (χ4v) is 15.6. The third-order valence-electron chi connectivity index (χ3n) is 21.2. The highest BCUT2D eigenvalue weighted by Crippen LogP contribution is 2.50. The molecule has 4 aliphatic rings. The number of hydrogen-bond donors (Lipinski definition) is 12. The average Bonchev–Trinajstić information content (AvgIpc) is 1.57. The highest BCUT2D eigenvalue weighted by Gasteiger charge is 2.51. The summed E-state index contributed by atoms with van der Waals surface area (Å²) in [6.07, 6.45) is 8.37. The molecular formula is C89H107N21O9. The van der Waals surface area contributed by atoms with Gasteiger partial charge in [-0.2, -0.15) is 15.3 Å². The number of urea groups is 3. The van der Waals surface area contributed by atoms with Crippen molar-refractivity contribution < 1.29 is 43.2 Å². The van der Waals surface area contributed by atoms with Crippen LogP contribution >= 0.6 is 0 Å². The van der Waals surface area contributed by atoms with Gasteiger partial charge in [-0.05, 0) is 175 Å². The van der Waals surface area contributed by atoms with Gasteiger partial charge in [-0.15, -0.1) is 0 Å². The summed E-state index contributed by atoms with van der Waals surface area (Å²) in [7, 11) is 11.9. The van der Waals surface area contributed by atoms with Crippen LogP contribution in [0.1, 0.15) is 172 Å². The lowest BCUT2D eigenvalue weighted by molar-refractivity contribution is -0.112. The second kappa shape index (κ2) is 39.5. The van der Waals surface area contributed by atoms with Crippen LogP contribution in [0.15, 0.2) is 202 Å². The van der Waals surface area contributed by atoms with Crippen LogP contribution in [0.5, 0.6) is 0 Å². The third-order valence-corrected chi connectivity index (χ3v) is 21.2. The number of aromatic nitrogens is 6. The summed E-state index contributed by atoms with van der Waals surface area (Å²) in [5.74, 6) is -0.536. The SMILES string of the molecule is C=CC(=O)Nc1ccc(C(=O)Nc2n[nH]c3c2CN(C(=O)N[C@H](CN(C)C)c2ccccc2)C32CCCCC2)cc1.C=CC(=O)Nc1ccc(C(=O)Nc2n[nH]c3c2CN(C(=O)N[C@H](CN(C)C)c2ccccc2)[C@@H]3C(C)C)cc1.C=CC(=O)Nc1ccc(C(=O)Nc2n[nH]c3c2CN(C(=O)N[C@H](CN(C)C)c2ccccc2)[C@H]3C(C)C)cc1. The first kappa shape index (κ1) is 86.5. The van der Waals surface area contributed by atoms with Gasteiger partial charge in [-0.25, -0.2) is 14.4 Å². The van der Waals surface area contributed by atoms with Crippen molar-refractivity contribution in [1.82, 2.24) is 75.9 Å². The van der Waals surface area contributed by atoms with Crippen LogP contribution in [-0.4, -0.2) is 175 Å². The van der Waals surface area contributed by atoms with Crippen LogP contribution < -0.4 is 47.9 Å². The molecule has 0 unspecified atom stereocenters. The van der Waals surface area contributed by atoms with Gasteiger partial charge in [0.1, 0.15) is 0 Å². The summed E-state index contributed by atoms with van der Waals surface area (Å²) >= 11 is 0. The molecule has 0 bridgehead atoms. The zero-order valence-electron chi connectivity index (χ0n) is 69.0. The topological polar surface area (TPSA) is 367 Å². The number of rotatable bonds is 26. The summed E-state index contributed by atoms with van der Waals surface area (Å²) in [6, 6.07) is 48.0. The van der Waals surface area contributed by atoms with Gasteiger partial charge in [0.05, 0.1) is 72.5 Å². The van der Waals surface area contributed by atoms with E-state index in [0.29, 0.717) is 90.5 Å². The first-order valence-corrected chi connectivity index (χ1v) is 39.7. The molecule has 30 nitrogen and oxygen atoms in total. The van der Waals surface area contributed by atoms with Crippen molar-refractivity contribution in [3.05, 3.63) is 269 Å². The lowest BCUT2D eigenvalue weighted by Crippen LogP contribution is -2.52.